The topological polar surface area (TPSA) is 21.7 Å². The van der Waals surface area contributed by atoms with Crippen molar-refractivity contribution in [2.45, 2.75) is 25.2 Å². The highest BCUT2D eigenvalue weighted by Crippen LogP contribution is 2.39. The van der Waals surface area contributed by atoms with Crippen LogP contribution >= 0.6 is 0 Å². The zero-order valence-electron chi connectivity index (χ0n) is 11.8. The standard InChI is InChI=1S/C15H23NO2/c1-16(2)10-12-7-5-6-11-8-14(17-3)15(18-4)9-13(11)12/h8-9,12H,5-7,10H2,1-4H3/t12-/m1/s1. The summed E-state index contributed by atoms with van der Waals surface area (Å²) in [6.45, 7) is 1.10. The minimum absolute atomic E-state index is 0.614. The first-order valence-corrected chi connectivity index (χ1v) is 6.55. The first-order valence-electron chi connectivity index (χ1n) is 6.55. The summed E-state index contributed by atoms with van der Waals surface area (Å²) < 4.78 is 10.8. The van der Waals surface area contributed by atoms with Crippen LogP contribution in [0.15, 0.2) is 12.1 Å². The van der Waals surface area contributed by atoms with E-state index in [1.54, 1.807) is 14.2 Å². The minimum atomic E-state index is 0.614. The monoisotopic (exact) mass is 249 g/mol. The highest BCUT2D eigenvalue weighted by Gasteiger charge is 2.23. The molecule has 1 aromatic rings. The summed E-state index contributed by atoms with van der Waals surface area (Å²) in [6, 6.07) is 4.32. The Morgan fingerprint density at radius 3 is 2.44 bits per heavy atom. The highest BCUT2D eigenvalue weighted by atomic mass is 16.5. The number of aryl methyl sites for hydroxylation is 1. The smallest absolute Gasteiger partial charge is 0.161 e. The molecule has 1 aromatic carbocycles. The Balaban J connectivity index is 2.37. The van der Waals surface area contributed by atoms with Gasteiger partial charge < -0.3 is 14.4 Å². The second-order valence-electron chi connectivity index (χ2n) is 5.26. The van der Waals surface area contributed by atoms with Crippen molar-refractivity contribution >= 4 is 0 Å². The average molecular weight is 249 g/mol. The summed E-state index contributed by atoms with van der Waals surface area (Å²) in [6.07, 6.45) is 3.68. The maximum atomic E-state index is 5.42. The molecule has 0 radical (unpaired) electrons. The van der Waals surface area contributed by atoms with Crippen LogP contribution in [0.5, 0.6) is 11.5 Å². The summed E-state index contributed by atoms with van der Waals surface area (Å²) in [5.41, 5.74) is 2.86. The molecule has 0 N–H and O–H groups in total. The molecule has 18 heavy (non-hydrogen) atoms. The largest absolute Gasteiger partial charge is 0.493 e. The average Bonchev–Trinajstić information content (AvgIpc) is 2.37. The van der Waals surface area contributed by atoms with E-state index in [1.165, 1.54) is 24.0 Å². The molecule has 2 rings (SSSR count). The van der Waals surface area contributed by atoms with Gasteiger partial charge in [-0.2, -0.15) is 0 Å². The molecule has 0 saturated carbocycles. The van der Waals surface area contributed by atoms with E-state index < -0.39 is 0 Å². The molecule has 0 amide bonds. The number of benzene rings is 1. The summed E-state index contributed by atoms with van der Waals surface area (Å²) >= 11 is 0. The van der Waals surface area contributed by atoms with Crippen molar-refractivity contribution in [1.82, 2.24) is 4.90 Å². The molecule has 0 spiro atoms. The number of fused-ring (bicyclic) bond motifs is 1. The Hall–Kier alpha value is -1.22. The Morgan fingerprint density at radius 1 is 1.17 bits per heavy atom. The maximum Gasteiger partial charge on any atom is 0.161 e. The van der Waals surface area contributed by atoms with E-state index >= 15 is 0 Å². The van der Waals surface area contributed by atoms with Crippen LogP contribution in [0.2, 0.25) is 0 Å². The van der Waals surface area contributed by atoms with Gasteiger partial charge in [-0.15, -0.1) is 0 Å². The van der Waals surface area contributed by atoms with Gasteiger partial charge in [0.1, 0.15) is 0 Å². The molecule has 100 valence electrons. The molecule has 3 nitrogen and oxygen atoms in total. The van der Waals surface area contributed by atoms with E-state index in [-0.39, 0.29) is 0 Å². The second-order valence-corrected chi connectivity index (χ2v) is 5.26. The fourth-order valence-electron chi connectivity index (χ4n) is 2.86. The Bertz CT molecular complexity index is 415. The SMILES string of the molecule is COc1cc2c(cc1OC)[C@@H](CN(C)C)CCC2. The summed E-state index contributed by atoms with van der Waals surface area (Å²) in [7, 11) is 7.67. The predicted octanol–water partition coefficient (Wildman–Crippen LogP) is 2.69. The van der Waals surface area contributed by atoms with Crippen LogP contribution < -0.4 is 9.47 Å². The van der Waals surface area contributed by atoms with E-state index in [0.29, 0.717) is 5.92 Å². The molecule has 0 aromatic heterocycles. The maximum absolute atomic E-state index is 5.42. The molecule has 0 fully saturated rings. The van der Waals surface area contributed by atoms with Crippen LogP contribution in [0.3, 0.4) is 0 Å². The van der Waals surface area contributed by atoms with Gasteiger partial charge in [0.15, 0.2) is 11.5 Å². The number of rotatable bonds is 4. The molecule has 0 bridgehead atoms. The third kappa shape index (κ3) is 2.61. The molecular formula is C15H23NO2. The number of likely N-dealkylation sites (N-methyl/N-ethyl adjacent to an activating group) is 1. The van der Waals surface area contributed by atoms with E-state index in [4.69, 9.17) is 9.47 Å². The first kappa shape index (κ1) is 13.2. The normalized spacial score (nSPS) is 18.6. The quantitative estimate of drug-likeness (QED) is 0.819. The van der Waals surface area contributed by atoms with E-state index in [0.717, 1.165) is 24.5 Å². The van der Waals surface area contributed by atoms with Gasteiger partial charge in [-0.1, -0.05) is 0 Å². The van der Waals surface area contributed by atoms with Crippen molar-refractivity contribution in [3.8, 4) is 11.5 Å². The van der Waals surface area contributed by atoms with Crippen molar-refractivity contribution in [1.29, 1.82) is 0 Å². The molecular weight excluding hydrogens is 226 g/mol. The van der Waals surface area contributed by atoms with Gasteiger partial charge in [0.25, 0.3) is 0 Å². The van der Waals surface area contributed by atoms with Gasteiger partial charge in [-0.05, 0) is 62.5 Å². The van der Waals surface area contributed by atoms with Gasteiger partial charge >= 0.3 is 0 Å². The Labute approximate surface area is 110 Å². The lowest BCUT2D eigenvalue weighted by Crippen LogP contribution is -2.23. The van der Waals surface area contributed by atoms with Gasteiger partial charge in [-0.25, -0.2) is 0 Å². The fraction of sp³-hybridized carbons (Fsp3) is 0.600. The fourth-order valence-corrected chi connectivity index (χ4v) is 2.86. The predicted molar refractivity (Wildman–Crippen MR) is 73.8 cm³/mol. The van der Waals surface area contributed by atoms with E-state index in [2.05, 4.69) is 31.1 Å². The second kappa shape index (κ2) is 5.61. The third-order valence-corrected chi connectivity index (χ3v) is 3.67. The number of methoxy groups -OCH3 is 2. The van der Waals surface area contributed by atoms with Crippen LogP contribution in [0.4, 0.5) is 0 Å². The zero-order valence-corrected chi connectivity index (χ0v) is 11.8. The van der Waals surface area contributed by atoms with Gasteiger partial charge in [0.2, 0.25) is 0 Å². The van der Waals surface area contributed by atoms with Crippen molar-refractivity contribution in [2.75, 3.05) is 34.9 Å². The van der Waals surface area contributed by atoms with Crippen molar-refractivity contribution in [3.05, 3.63) is 23.3 Å². The molecule has 1 aliphatic rings. The first-order chi connectivity index (χ1) is 8.65. The third-order valence-electron chi connectivity index (χ3n) is 3.67. The molecule has 1 aliphatic carbocycles. The summed E-state index contributed by atoms with van der Waals surface area (Å²) in [5, 5.41) is 0. The molecule has 0 heterocycles. The number of nitrogens with zero attached hydrogens (tertiary/aromatic N) is 1. The van der Waals surface area contributed by atoms with Gasteiger partial charge in [-0.3, -0.25) is 0 Å². The van der Waals surface area contributed by atoms with Crippen LogP contribution in [-0.4, -0.2) is 39.8 Å². The van der Waals surface area contributed by atoms with Crippen molar-refractivity contribution in [2.24, 2.45) is 0 Å². The number of hydrogen-bond donors (Lipinski definition) is 0. The van der Waals surface area contributed by atoms with Gasteiger partial charge in [0, 0.05) is 6.54 Å². The van der Waals surface area contributed by atoms with Crippen LogP contribution in [0, 0.1) is 0 Å². The van der Waals surface area contributed by atoms with Crippen LogP contribution in [0.25, 0.3) is 0 Å². The van der Waals surface area contributed by atoms with Gasteiger partial charge in [0.05, 0.1) is 14.2 Å². The lowest BCUT2D eigenvalue weighted by Gasteiger charge is -2.28. The minimum Gasteiger partial charge on any atom is -0.493 e. The van der Waals surface area contributed by atoms with Crippen LogP contribution in [0.1, 0.15) is 29.9 Å². The molecule has 1 atom stereocenters. The molecule has 0 aliphatic heterocycles. The summed E-state index contributed by atoms with van der Waals surface area (Å²) in [4.78, 5) is 2.26. The molecule has 3 heteroatoms. The Kier molecular flexibility index (Phi) is 4.12. The lowest BCUT2D eigenvalue weighted by molar-refractivity contribution is 0.341. The Morgan fingerprint density at radius 2 is 1.83 bits per heavy atom. The number of hydrogen-bond acceptors (Lipinski definition) is 3. The summed E-state index contributed by atoms with van der Waals surface area (Å²) in [5.74, 6) is 2.31. The van der Waals surface area contributed by atoms with Crippen LogP contribution in [-0.2, 0) is 6.42 Å². The van der Waals surface area contributed by atoms with Crippen molar-refractivity contribution in [3.63, 3.8) is 0 Å². The number of ether oxygens (including phenoxy) is 2. The van der Waals surface area contributed by atoms with E-state index in [9.17, 15) is 0 Å². The zero-order chi connectivity index (χ0) is 13.1. The van der Waals surface area contributed by atoms with Crippen molar-refractivity contribution < 1.29 is 9.47 Å². The molecule has 0 saturated heterocycles. The molecule has 0 unspecified atom stereocenters. The lowest BCUT2D eigenvalue weighted by atomic mass is 9.82. The van der Waals surface area contributed by atoms with E-state index in [1.807, 2.05) is 0 Å². The highest BCUT2D eigenvalue weighted by molar-refractivity contribution is 5.49.